The Kier molecular flexibility index (Phi) is 3.20. The Morgan fingerprint density at radius 3 is 2.63 bits per heavy atom. The maximum Gasteiger partial charge on any atom is 0.130 e. The summed E-state index contributed by atoms with van der Waals surface area (Å²) in [5, 5.41) is 0. The van der Waals surface area contributed by atoms with Crippen LogP contribution in [0, 0.1) is 12.7 Å². The van der Waals surface area contributed by atoms with Crippen LogP contribution in [0.25, 0.3) is 0 Å². The van der Waals surface area contributed by atoms with Crippen molar-refractivity contribution in [2.45, 2.75) is 32.1 Å². The standard InChI is InChI=1S/C16H16FNO/c1-11-5-6-13(9-15(11)17)19-14-7-8-18-16(10-14)12-3-2-4-12/h5-10,12H,2-4H2,1H3. The molecule has 1 aliphatic rings. The minimum atomic E-state index is -0.245. The molecule has 0 atom stereocenters. The first-order valence-electron chi connectivity index (χ1n) is 6.62. The maximum absolute atomic E-state index is 13.5. The van der Waals surface area contributed by atoms with E-state index >= 15 is 0 Å². The van der Waals surface area contributed by atoms with Gasteiger partial charge in [-0.2, -0.15) is 0 Å². The topological polar surface area (TPSA) is 22.1 Å². The molecule has 2 nitrogen and oxygen atoms in total. The molecule has 0 N–H and O–H groups in total. The third kappa shape index (κ3) is 2.60. The number of halogens is 1. The second kappa shape index (κ2) is 5.00. The van der Waals surface area contributed by atoms with Gasteiger partial charge in [-0.15, -0.1) is 0 Å². The largest absolute Gasteiger partial charge is 0.457 e. The van der Waals surface area contributed by atoms with Crippen molar-refractivity contribution in [3.8, 4) is 11.5 Å². The quantitative estimate of drug-likeness (QED) is 0.802. The molecule has 0 aliphatic heterocycles. The number of hydrogen-bond donors (Lipinski definition) is 0. The number of hydrogen-bond acceptors (Lipinski definition) is 2. The molecule has 98 valence electrons. The molecule has 3 rings (SSSR count). The first kappa shape index (κ1) is 12.2. The molecule has 2 aromatic rings. The van der Waals surface area contributed by atoms with Crippen molar-refractivity contribution in [1.29, 1.82) is 0 Å². The van der Waals surface area contributed by atoms with E-state index in [1.165, 1.54) is 25.3 Å². The van der Waals surface area contributed by atoms with Gasteiger partial charge in [-0.25, -0.2) is 4.39 Å². The van der Waals surface area contributed by atoms with Gasteiger partial charge in [0.1, 0.15) is 17.3 Å². The fourth-order valence-electron chi connectivity index (χ4n) is 2.19. The van der Waals surface area contributed by atoms with Crippen LogP contribution in [0.3, 0.4) is 0 Å². The van der Waals surface area contributed by atoms with E-state index in [0.29, 0.717) is 17.2 Å². The second-order valence-electron chi connectivity index (χ2n) is 5.06. The first-order chi connectivity index (χ1) is 9.22. The van der Waals surface area contributed by atoms with Gasteiger partial charge >= 0.3 is 0 Å². The van der Waals surface area contributed by atoms with Crippen LogP contribution >= 0.6 is 0 Å². The number of aryl methyl sites for hydroxylation is 1. The van der Waals surface area contributed by atoms with E-state index in [2.05, 4.69) is 4.98 Å². The highest BCUT2D eigenvalue weighted by Gasteiger charge is 2.21. The summed E-state index contributed by atoms with van der Waals surface area (Å²) in [4.78, 5) is 4.38. The molecule has 1 heterocycles. The van der Waals surface area contributed by atoms with Gasteiger partial charge in [-0.3, -0.25) is 4.98 Å². The van der Waals surface area contributed by atoms with Crippen molar-refractivity contribution in [3.63, 3.8) is 0 Å². The summed E-state index contributed by atoms with van der Waals surface area (Å²) in [6.45, 7) is 1.74. The molecular formula is C16H16FNO. The fraction of sp³-hybridized carbons (Fsp3) is 0.312. The Labute approximate surface area is 112 Å². The predicted octanol–water partition coefficient (Wildman–Crippen LogP) is 4.59. The first-order valence-corrected chi connectivity index (χ1v) is 6.62. The molecule has 3 heteroatoms. The number of ether oxygens (including phenoxy) is 1. The smallest absolute Gasteiger partial charge is 0.130 e. The Bertz CT molecular complexity index is 593. The third-order valence-corrected chi connectivity index (χ3v) is 3.65. The molecule has 1 saturated carbocycles. The van der Waals surface area contributed by atoms with Crippen molar-refractivity contribution in [1.82, 2.24) is 4.98 Å². The average molecular weight is 257 g/mol. The number of nitrogens with zero attached hydrogens (tertiary/aromatic N) is 1. The number of rotatable bonds is 3. The molecule has 1 aromatic heterocycles. The summed E-state index contributed by atoms with van der Waals surface area (Å²) in [5.41, 5.74) is 1.70. The fourth-order valence-corrected chi connectivity index (χ4v) is 2.19. The zero-order valence-corrected chi connectivity index (χ0v) is 10.9. The lowest BCUT2D eigenvalue weighted by Crippen LogP contribution is -2.10. The monoisotopic (exact) mass is 257 g/mol. The molecule has 0 spiro atoms. The van der Waals surface area contributed by atoms with Crippen molar-refractivity contribution >= 4 is 0 Å². The molecule has 0 unspecified atom stereocenters. The lowest BCUT2D eigenvalue weighted by Gasteiger charge is -2.24. The second-order valence-corrected chi connectivity index (χ2v) is 5.06. The Hall–Kier alpha value is -1.90. The Morgan fingerprint density at radius 1 is 1.16 bits per heavy atom. The molecule has 19 heavy (non-hydrogen) atoms. The summed E-state index contributed by atoms with van der Waals surface area (Å²) in [6.07, 6.45) is 5.44. The van der Waals surface area contributed by atoms with Crippen molar-refractivity contribution in [3.05, 3.63) is 53.6 Å². The van der Waals surface area contributed by atoms with Crippen LogP contribution in [0.5, 0.6) is 11.5 Å². The lowest BCUT2D eigenvalue weighted by atomic mass is 9.83. The zero-order valence-electron chi connectivity index (χ0n) is 10.9. The van der Waals surface area contributed by atoms with Gasteiger partial charge in [0.2, 0.25) is 0 Å². The Morgan fingerprint density at radius 2 is 1.95 bits per heavy atom. The summed E-state index contributed by atoms with van der Waals surface area (Å²) < 4.78 is 19.2. The molecule has 0 saturated heterocycles. The van der Waals surface area contributed by atoms with E-state index in [0.717, 1.165) is 11.4 Å². The van der Waals surface area contributed by atoms with Gasteiger partial charge < -0.3 is 4.74 Å². The molecule has 0 radical (unpaired) electrons. The third-order valence-electron chi connectivity index (χ3n) is 3.65. The van der Waals surface area contributed by atoms with E-state index < -0.39 is 0 Å². The van der Waals surface area contributed by atoms with Crippen molar-refractivity contribution < 1.29 is 9.13 Å². The number of aromatic nitrogens is 1. The molecule has 0 amide bonds. The van der Waals surface area contributed by atoms with Gasteiger partial charge in [-0.05, 0) is 37.5 Å². The maximum atomic E-state index is 13.5. The van der Waals surface area contributed by atoms with Gasteiger partial charge in [0, 0.05) is 29.9 Å². The van der Waals surface area contributed by atoms with Crippen LogP contribution in [0.2, 0.25) is 0 Å². The lowest BCUT2D eigenvalue weighted by molar-refractivity contribution is 0.407. The SMILES string of the molecule is Cc1ccc(Oc2ccnc(C3CCC3)c2)cc1F. The van der Waals surface area contributed by atoms with Crippen LogP contribution < -0.4 is 4.74 Å². The summed E-state index contributed by atoms with van der Waals surface area (Å²) in [5.74, 6) is 1.57. The zero-order chi connectivity index (χ0) is 13.2. The minimum Gasteiger partial charge on any atom is -0.457 e. The molecular weight excluding hydrogens is 241 g/mol. The van der Waals surface area contributed by atoms with Crippen LogP contribution in [0.1, 0.15) is 36.4 Å². The van der Waals surface area contributed by atoms with Crippen LogP contribution in [-0.2, 0) is 0 Å². The van der Waals surface area contributed by atoms with E-state index in [4.69, 9.17) is 4.74 Å². The molecule has 1 aliphatic carbocycles. The number of pyridine rings is 1. The predicted molar refractivity (Wildman–Crippen MR) is 72.0 cm³/mol. The average Bonchev–Trinajstić information content (AvgIpc) is 2.32. The van der Waals surface area contributed by atoms with Crippen LogP contribution in [0.4, 0.5) is 4.39 Å². The highest BCUT2D eigenvalue weighted by Crippen LogP contribution is 2.36. The van der Waals surface area contributed by atoms with Crippen molar-refractivity contribution in [2.24, 2.45) is 0 Å². The minimum absolute atomic E-state index is 0.245. The molecule has 0 bridgehead atoms. The normalized spacial score (nSPS) is 15.1. The van der Waals surface area contributed by atoms with E-state index in [1.807, 2.05) is 6.07 Å². The van der Waals surface area contributed by atoms with E-state index in [-0.39, 0.29) is 5.82 Å². The summed E-state index contributed by atoms with van der Waals surface area (Å²) in [7, 11) is 0. The van der Waals surface area contributed by atoms with Gasteiger partial charge in [0.25, 0.3) is 0 Å². The van der Waals surface area contributed by atoms with Gasteiger partial charge in [-0.1, -0.05) is 12.5 Å². The van der Waals surface area contributed by atoms with Crippen LogP contribution in [0.15, 0.2) is 36.5 Å². The number of benzene rings is 1. The van der Waals surface area contributed by atoms with Gasteiger partial charge in [0.05, 0.1) is 0 Å². The van der Waals surface area contributed by atoms with Crippen LogP contribution in [-0.4, -0.2) is 4.98 Å². The summed E-state index contributed by atoms with van der Waals surface area (Å²) >= 11 is 0. The summed E-state index contributed by atoms with van der Waals surface area (Å²) in [6, 6.07) is 8.68. The Balaban J connectivity index is 1.80. The van der Waals surface area contributed by atoms with Gasteiger partial charge in [0.15, 0.2) is 0 Å². The van der Waals surface area contributed by atoms with Crippen molar-refractivity contribution in [2.75, 3.05) is 0 Å². The van der Waals surface area contributed by atoms with E-state index in [1.54, 1.807) is 31.3 Å². The van der Waals surface area contributed by atoms with E-state index in [9.17, 15) is 4.39 Å². The highest BCUT2D eigenvalue weighted by atomic mass is 19.1. The highest BCUT2D eigenvalue weighted by molar-refractivity contribution is 5.34. The molecule has 1 fully saturated rings. The molecule has 1 aromatic carbocycles.